The Morgan fingerprint density at radius 1 is 1.16 bits per heavy atom. The van der Waals surface area contributed by atoms with Gasteiger partial charge in [-0.1, -0.05) is 32.0 Å². The lowest BCUT2D eigenvalue weighted by Gasteiger charge is -2.51. The highest BCUT2D eigenvalue weighted by Crippen LogP contribution is 2.43. The molecule has 3 aromatic heterocycles. The van der Waals surface area contributed by atoms with Crippen LogP contribution in [-0.2, 0) is 4.79 Å². The molecule has 2 unspecified atom stereocenters. The van der Waals surface area contributed by atoms with Crippen LogP contribution >= 0.6 is 11.6 Å². The molecule has 5 heterocycles. The quantitative estimate of drug-likeness (QED) is 0.188. The Morgan fingerprint density at radius 2 is 1.92 bits per heavy atom. The summed E-state index contributed by atoms with van der Waals surface area (Å²) in [6, 6.07) is 7.87. The van der Waals surface area contributed by atoms with Crippen molar-refractivity contribution in [3.8, 4) is 16.9 Å². The Kier molecular flexibility index (Phi) is 9.43. The van der Waals surface area contributed by atoms with Crippen molar-refractivity contribution in [2.75, 3.05) is 62.4 Å². The third kappa shape index (κ3) is 6.14. The predicted octanol–water partition coefficient (Wildman–Crippen LogP) is 5.62. The molecule has 2 aliphatic rings. The zero-order chi connectivity index (χ0) is 35.3. The van der Waals surface area contributed by atoms with Crippen molar-refractivity contribution >= 4 is 45.6 Å². The number of benzene rings is 1. The van der Waals surface area contributed by atoms with E-state index in [0.29, 0.717) is 65.5 Å². The number of fused-ring (bicyclic) bond motifs is 5. The highest BCUT2D eigenvalue weighted by atomic mass is 35.5. The van der Waals surface area contributed by atoms with Crippen LogP contribution in [-0.4, -0.2) is 89.1 Å². The van der Waals surface area contributed by atoms with Gasteiger partial charge < -0.3 is 25.3 Å². The summed E-state index contributed by atoms with van der Waals surface area (Å²) in [5, 5.41) is 0.781. The van der Waals surface area contributed by atoms with Crippen LogP contribution in [0.4, 0.5) is 21.5 Å². The third-order valence-electron chi connectivity index (χ3n) is 9.59. The normalized spacial score (nSPS) is 17.6. The van der Waals surface area contributed by atoms with E-state index in [4.69, 9.17) is 27.3 Å². The highest BCUT2D eigenvalue weighted by molar-refractivity contribution is 6.33. The van der Waals surface area contributed by atoms with Gasteiger partial charge in [-0.05, 0) is 88.8 Å². The molecule has 6 rings (SSSR count). The van der Waals surface area contributed by atoms with Crippen LogP contribution in [0.2, 0.25) is 5.02 Å². The van der Waals surface area contributed by atoms with E-state index >= 15 is 9.18 Å². The monoisotopic (exact) mass is 686 g/mol. The molecule has 1 fully saturated rings. The van der Waals surface area contributed by atoms with E-state index in [0.717, 1.165) is 24.2 Å². The molecule has 0 bridgehead atoms. The lowest BCUT2D eigenvalue weighted by molar-refractivity contribution is -0.128. The Labute approximate surface area is 291 Å². The number of nitrogens with zero attached hydrogens (tertiary/aromatic N) is 7. The number of pyridine rings is 3. The van der Waals surface area contributed by atoms with Gasteiger partial charge in [0.15, 0.2) is 5.65 Å². The van der Waals surface area contributed by atoms with E-state index in [1.54, 1.807) is 29.0 Å². The number of carbonyl (C=O) groups is 1. The number of anilines is 3. The van der Waals surface area contributed by atoms with Gasteiger partial charge in [0.1, 0.15) is 17.2 Å². The van der Waals surface area contributed by atoms with Crippen LogP contribution < -0.4 is 21.1 Å². The van der Waals surface area contributed by atoms with Crippen molar-refractivity contribution in [2.24, 2.45) is 0 Å². The number of piperazine rings is 1. The van der Waals surface area contributed by atoms with E-state index in [2.05, 4.69) is 21.3 Å². The van der Waals surface area contributed by atoms with Crippen LogP contribution in [0.5, 0.6) is 0 Å². The second-order valence-corrected chi connectivity index (χ2v) is 14.1. The van der Waals surface area contributed by atoms with Crippen molar-refractivity contribution in [2.45, 2.75) is 52.1 Å². The predicted molar refractivity (Wildman–Crippen MR) is 197 cm³/mol. The summed E-state index contributed by atoms with van der Waals surface area (Å²) in [6.07, 6.45) is 3.88. The summed E-state index contributed by atoms with van der Waals surface area (Å²) >= 11 is 6.60. The van der Waals surface area contributed by atoms with Crippen molar-refractivity contribution < 1.29 is 9.18 Å². The zero-order valence-corrected chi connectivity index (χ0v) is 29.8. The maximum Gasteiger partial charge on any atom is 0.282 e. The maximum absolute atomic E-state index is 16.5. The minimum Gasteiger partial charge on any atom is -0.399 e. The first-order chi connectivity index (χ1) is 23.3. The Hall–Kier alpha value is -4.48. The Balaban J connectivity index is 1.72. The number of hydrogen-bond donors (Lipinski definition) is 1. The average Bonchev–Trinajstić information content (AvgIpc) is 3.05. The molecule has 2 atom stereocenters. The molecule has 1 amide bonds. The minimum absolute atomic E-state index is 0.00416. The molecular formula is C37H44ClFN8O2. The smallest absolute Gasteiger partial charge is 0.282 e. The summed E-state index contributed by atoms with van der Waals surface area (Å²) in [5.74, 6) is -0.746. The topological polar surface area (TPSA) is 104 Å². The first-order valence-corrected chi connectivity index (χ1v) is 17.1. The molecule has 12 heteroatoms. The number of aromatic nitrogens is 3. The summed E-state index contributed by atoms with van der Waals surface area (Å²) < 4.78 is 18.2. The molecule has 4 aromatic rings. The number of nitrogen functional groups attached to an aromatic ring is 1. The number of hydrogen-bond acceptors (Lipinski definition) is 8. The second kappa shape index (κ2) is 13.4. The highest BCUT2D eigenvalue weighted by Gasteiger charge is 2.42. The summed E-state index contributed by atoms with van der Waals surface area (Å²) in [6.45, 7) is 14.5. The molecule has 1 saturated heterocycles. The van der Waals surface area contributed by atoms with E-state index in [1.807, 2.05) is 52.8 Å². The number of halogens is 2. The molecule has 0 radical (unpaired) electrons. The Bertz CT molecular complexity index is 2010. The first kappa shape index (κ1) is 34.4. The number of rotatable bonds is 8. The molecule has 2 N–H and O–H groups in total. The molecule has 2 aliphatic heterocycles. The van der Waals surface area contributed by atoms with Gasteiger partial charge in [0, 0.05) is 55.1 Å². The SMILES string of the molecule is C=CC(=O)N1CC2CN(CCCN(C)C)c3c(c4cc(F)c(-c5cc(N)ccc5Cl)nc4n(-c4c(C)ccnc4C(C)C)c3=O)N2CC1C. The van der Waals surface area contributed by atoms with Gasteiger partial charge in [-0.2, -0.15) is 0 Å². The molecule has 258 valence electrons. The Morgan fingerprint density at radius 3 is 2.61 bits per heavy atom. The van der Waals surface area contributed by atoms with Gasteiger partial charge in [0.05, 0.1) is 28.1 Å². The largest absolute Gasteiger partial charge is 0.399 e. The zero-order valence-electron chi connectivity index (χ0n) is 29.0. The van der Waals surface area contributed by atoms with Gasteiger partial charge in [0.2, 0.25) is 5.91 Å². The average molecular weight is 687 g/mol. The fourth-order valence-electron chi connectivity index (χ4n) is 7.26. The summed E-state index contributed by atoms with van der Waals surface area (Å²) in [4.78, 5) is 46.1. The third-order valence-corrected chi connectivity index (χ3v) is 9.92. The van der Waals surface area contributed by atoms with Crippen molar-refractivity contribution in [1.82, 2.24) is 24.3 Å². The molecule has 10 nitrogen and oxygen atoms in total. The second-order valence-electron chi connectivity index (χ2n) is 13.7. The van der Waals surface area contributed by atoms with Gasteiger partial charge in [-0.25, -0.2) is 9.37 Å². The number of aryl methyl sites for hydroxylation is 1. The summed E-state index contributed by atoms with van der Waals surface area (Å²) in [5.41, 5.74) is 10.2. The van der Waals surface area contributed by atoms with E-state index < -0.39 is 5.82 Å². The molecule has 0 aliphatic carbocycles. The number of nitrogens with two attached hydrogens (primary N) is 1. The van der Waals surface area contributed by atoms with Crippen LogP contribution in [0.25, 0.3) is 28.0 Å². The summed E-state index contributed by atoms with van der Waals surface area (Å²) in [7, 11) is 4.04. The number of carbonyl (C=O) groups excluding carboxylic acids is 1. The van der Waals surface area contributed by atoms with Crippen LogP contribution in [0.3, 0.4) is 0 Å². The minimum atomic E-state index is -0.589. The molecular weight excluding hydrogens is 643 g/mol. The standard InChI is InChI=1S/C37H44ClFN8O2/c1-8-30(48)45-20-25-19-44(15-9-14-43(6)7)35-34(46(25)18-23(45)5)27-17-29(39)32(26-16-24(40)10-11-28(26)38)42-36(27)47(37(35)49)33-22(4)12-13-41-31(33)21(2)3/h8,10-13,16-17,21,23,25H,1,9,14-15,18-20,40H2,2-7H3. The molecule has 1 aromatic carbocycles. The van der Waals surface area contributed by atoms with Crippen molar-refractivity contribution in [3.05, 3.63) is 81.6 Å². The lowest BCUT2D eigenvalue weighted by atomic mass is 9.98. The van der Waals surface area contributed by atoms with Crippen LogP contribution in [0.15, 0.2) is 54.0 Å². The molecule has 0 spiro atoms. The first-order valence-electron chi connectivity index (χ1n) is 16.7. The van der Waals surface area contributed by atoms with Gasteiger partial charge in [0.25, 0.3) is 5.56 Å². The molecule has 49 heavy (non-hydrogen) atoms. The van der Waals surface area contributed by atoms with Crippen LogP contribution in [0, 0.1) is 12.7 Å². The number of amides is 1. The fraction of sp³-hybridized carbons (Fsp3) is 0.405. The van der Waals surface area contributed by atoms with Crippen molar-refractivity contribution in [1.29, 1.82) is 0 Å². The maximum atomic E-state index is 16.5. The van der Waals surface area contributed by atoms with Crippen molar-refractivity contribution in [3.63, 3.8) is 0 Å². The van der Waals surface area contributed by atoms with Gasteiger partial charge >= 0.3 is 0 Å². The van der Waals surface area contributed by atoms with E-state index in [1.165, 1.54) is 12.1 Å². The van der Waals surface area contributed by atoms with Gasteiger partial charge in [-0.3, -0.25) is 19.1 Å². The fourth-order valence-corrected chi connectivity index (χ4v) is 7.46. The van der Waals surface area contributed by atoms with Crippen LogP contribution in [0.1, 0.15) is 44.4 Å². The van der Waals surface area contributed by atoms with E-state index in [-0.39, 0.29) is 40.2 Å². The van der Waals surface area contributed by atoms with E-state index in [9.17, 15) is 4.79 Å². The molecule has 0 saturated carbocycles. The lowest BCUT2D eigenvalue weighted by Crippen LogP contribution is -2.64. The van der Waals surface area contributed by atoms with Gasteiger partial charge in [-0.15, -0.1) is 0 Å².